The molecule has 1 rings (SSSR count). The van der Waals surface area contributed by atoms with Crippen LogP contribution in [0.15, 0.2) is 6.20 Å². The first kappa shape index (κ1) is 9.98. The smallest absolute Gasteiger partial charge is 0.127 e. The zero-order valence-corrected chi connectivity index (χ0v) is 9.63. The molecule has 1 heterocycles. The Bertz CT molecular complexity index is 244. The third-order valence-electron chi connectivity index (χ3n) is 1.60. The summed E-state index contributed by atoms with van der Waals surface area (Å²) in [7, 11) is 1.95. The van der Waals surface area contributed by atoms with E-state index in [1.54, 1.807) is 0 Å². The second-order valence-corrected chi connectivity index (χ2v) is 3.82. The second-order valence-electron chi connectivity index (χ2n) is 2.80. The van der Waals surface area contributed by atoms with Crippen LogP contribution < -0.4 is 5.32 Å². The van der Waals surface area contributed by atoms with Gasteiger partial charge < -0.3 is 5.32 Å². The van der Waals surface area contributed by atoms with Crippen molar-refractivity contribution in [2.24, 2.45) is 7.05 Å². The van der Waals surface area contributed by atoms with Crippen molar-refractivity contribution in [3.8, 4) is 0 Å². The van der Waals surface area contributed by atoms with Gasteiger partial charge in [-0.05, 0) is 35.6 Å². The average molecular weight is 279 g/mol. The molecule has 0 saturated heterocycles. The normalized spacial score (nSPS) is 10.6. The number of aromatic nitrogens is 2. The maximum Gasteiger partial charge on any atom is 0.127 e. The molecule has 0 aliphatic heterocycles. The van der Waals surface area contributed by atoms with E-state index in [4.69, 9.17) is 0 Å². The highest BCUT2D eigenvalue weighted by atomic mass is 127. The lowest BCUT2D eigenvalue weighted by Gasteiger charge is -1.99. The van der Waals surface area contributed by atoms with Gasteiger partial charge in [0.15, 0.2) is 0 Å². The molecule has 0 unspecified atom stereocenters. The van der Waals surface area contributed by atoms with Gasteiger partial charge in [0, 0.05) is 25.4 Å². The topological polar surface area (TPSA) is 29.9 Å². The van der Waals surface area contributed by atoms with Gasteiger partial charge in [-0.1, -0.05) is 6.92 Å². The van der Waals surface area contributed by atoms with Crippen molar-refractivity contribution in [3.63, 3.8) is 0 Å². The third-order valence-corrected chi connectivity index (χ3v) is 2.50. The number of hydrogen-bond donors (Lipinski definition) is 1. The van der Waals surface area contributed by atoms with Crippen molar-refractivity contribution in [1.29, 1.82) is 0 Å². The first-order valence-corrected chi connectivity index (χ1v) is 5.20. The van der Waals surface area contributed by atoms with Crippen LogP contribution in [-0.4, -0.2) is 16.3 Å². The molecule has 1 N–H and O–H groups in total. The molecule has 1 aromatic heterocycles. The van der Waals surface area contributed by atoms with Gasteiger partial charge in [0.1, 0.15) is 3.70 Å². The number of aryl methyl sites for hydroxylation is 1. The van der Waals surface area contributed by atoms with E-state index in [0.717, 1.165) is 16.8 Å². The Morgan fingerprint density at radius 1 is 1.67 bits per heavy atom. The maximum absolute atomic E-state index is 4.25. The van der Waals surface area contributed by atoms with Gasteiger partial charge in [0.25, 0.3) is 0 Å². The maximum atomic E-state index is 4.25. The van der Waals surface area contributed by atoms with Crippen LogP contribution in [0.5, 0.6) is 0 Å². The van der Waals surface area contributed by atoms with E-state index in [2.05, 4.69) is 46.1 Å². The Morgan fingerprint density at radius 2 is 2.42 bits per heavy atom. The minimum absolute atomic E-state index is 0.931. The van der Waals surface area contributed by atoms with Crippen molar-refractivity contribution in [2.75, 3.05) is 6.54 Å². The van der Waals surface area contributed by atoms with Gasteiger partial charge in [-0.3, -0.25) is 4.68 Å². The van der Waals surface area contributed by atoms with Gasteiger partial charge in [0.05, 0.1) is 0 Å². The van der Waals surface area contributed by atoms with Crippen LogP contribution in [0, 0.1) is 3.70 Å². The van der Waals surface area contributed by atoms with E-state index in [0.29, 0.717) is 0 Å². The molecule has 0 aliphatic carbocycles. The zero-order valence-electron chi connectivity index (χ0n) is 7.47. The Morgan fingerprint density at radius 3 is 2.92 bits per heavy atom. The lowest BCUT2D eigenvalue weighted by molar-refractivity contribution is 0.673. The Balaban J connectivity index is 2.45. The van der Waals surface area contributed by atoms with Crippen molar-refractivity contribution >= 4 is 22.6 Å². The molecule has 1 aromatic rings. The highest BCUT2D eigenvalue weighted by molar-refractivity contribution is 14.1. The minimum Gasteiger partial charge on any atom is -0.313 e. The molecule has 3 nitrogen and oxygen atoms in total. The van der Waals surface area contributed by atoms with Gasteiger partial charge in [0.2, 0.25) is 0 Å². The predicted molar refractivity (Wildman–Crippen MR) is 57.9 cm³/mol. The minimum atomic E-state index is 0.931. The fourth-order valence-electron chi connectivity index (χ4n) is 1.03. The summed E-state index contributed by atoms with van der Waals surface area (Å²) in [5, 5.41) is 7.60. The first-order chi connectivity index (χ1) is 5.74. The van der Waals surface area contributed by atoms with Crippen LogP contribution in [0.4, 0.5) is 0 Å². The summed E-state index contributed by atoms with van der Waals surface area (Å²) in [6, 6.07) is 0. The lowest BCUT2D eigenvalue weighted by Crippen LogP contribution is -2.13. The van der Waals surface area contributed by atoms with E-state index < -0.39 is 0 Å². The number of rotatable bonds is 4. The summed E-state index contributed by atoms with van der Waals surface area (Å²) in [6.07, 6.45) is 3.24. The van der Waals surface area contributed by atoms with Crippen molar-refractivity contribution in [1.82, 2.24) is 15.1 Å². The van der Waals surface area contributed by atoms with Crippen LogP contribution in [0.2, 0.25) is 0 Å². The Kier molecular flexibility index (Phi) is 4.00. The third kappa shape index (κ3) is 2.75. The SMILES string of the molecule is CCCNCc1cn(C)nc1I. The van der Waals surface area contributed by atoms with Crippen molar-refractivity contribution in [3.05, 3.63) is 15.5 Å². The Hall–Kier alpha value is -0.100. The molecule has 0 aliphatic rings. The van der Waals surface area contributed by atoms with Crippen LogP contribution in [0.3, 0.4) is 0 Å². The summed E-state index contributed by atoms with van der Waals surface area (Å²) in [6.45, 7) is 4.17. The molecule has 12 heavy (non-hydrogen) atoms. The van der Waals surface area contributed by atoms with Crippen LogP contribution >= 0.6 is 22.6 Å². The molecular formula is C8H14IN3. The molecule has 0 amide bonds. The summed E-state index contributed by atoms with van der Waals surface area (Å²) < 4.78 is 2.95. The van der Waals surface area contributed by atoms with E-state index in [1.807, 2.05) is 11.7 Å². The number of nitrogens with zero attached hydrogens (tertiary/aromatic N) is 2. The fourth-order valence-corrected chi connectivity index (χ4v) is 1.70. The molecule has 0 bridgehead atoms. The van der Waals surface area contributed by atoms with Gasteiger partial charge in [-0.15, -0.1) is 0 Å². The van der Waals surface area contributed by atoms with E-state index >= 15 is 0 Å². The molecule has 68 valence electrons. The number of hydrogen-bond acceptors (Lipinski definition) is 2. The second kappa shape index (κ2) is 4.81. The van der Waals surface area contributed by atoms with Crippen LogP contribution in [0.1, 0.15) is 18.9 Å². The monoisotopic (exact) mass is 279 g/mol. The largest absolute Gasteiger partial charge is 0.313 e. The number of halogens is 1. The molecule has 0 spiro atoms. The van der Waals surface area contributed by atoms with Gasteiger partial charge >= 0.3 is 0 Å². The standard InChI is InChI=1S/C8H14IN3/c1-3-4-10-5-7-6-12(2)11-8(7)9/h6,10H,3-5H2,1-2H3. The lowest BCUT2D eigenvalue weighted by atomic mass is 10.3. The summed E-state index contributed by atoms with van der Waals surface area (Å²) in [4.78, 5) is 0. The Labute approximate surface area is 86.7 Å². The van der Waals surface area contributed by atoms with E-state index in [9.17, 15) is 0 Å². The quantitative estimate of drug-likeness (QED) is 0.669. The molecule has 0 atom stereocenters. The molecule has 0 fully saturated rings. The zero-order chi connectivity index (χ0) is 8.97. The molecule has 0 aromatic carbocycles. The van der Waals surface area contributed by atoms with Gasteiger partial charge in [-0.2, -0.15) is 5.10 Å². The van der Waals surface area contributed by atoms with E-state index in [-0.39, 0.29) is 0 Å². The first-order valence-electron chi connectivity index (χ1n) is 4.12. The summed E-state index contributed by atoms with van der Waals surface area (Å²) in [5.41, 5.74) is 1.28. The predicted octanol–water partition coefficient (Wildman–Crippen LogP) is 1.52. The van der Waals surface area contributed by atoms with Crippen molar-refractivity contribution < 1.29 is 0 Å². The summed E-state index contributed by atoms with van der Waals surface area (Å²) >= 11 is 2.26. The highest BCUT2D eigenvalue weighted by Gasteiger charge is 2.02. The molecule has 4 heteroatoms. The summed E-state index contributed by atoms with van der Waals surface area (Å²) in [5.74, 6) is 0. The van der Waals surface area contributed by atoms with Crippen LogP contribution in [0.25, 0.3) is 0 Å². The fraction of sp³-hybridized carbons (Fsp3) is 0.625. The molecular weight excluding hydrogens is 265 g/mol. The van der Waals surface area contributed by atoms with Crippen LogP contribution in [-0.2, 0) is 13.6 Å². The molecule has 0 radical (unpaired) electrons. The average Bonchev–Trinajstić information content (AvgIpc) is 2.31. The van der Waals surface area contributed by atoms with Crippen molar-refractivity contribution in [2.45, 2.75) is 19.9 Å². The number of nitrogens with one attached hydrogen (secondary N) is 1. The highest BCUT2D eigenvalue weighted by Crippen LogP contribution is 2.08. The van der Waals surface area contributed by atoms with Gasteiger partial charge in [-0.25, -0.2) is 0 Å². The van der Waals surface area contributed by atoms with E-state index in [1.165, 1.54) is 12.0 Å². The molecule has 0 saturated carbocycles.